The third-order valence-corrected chi connectivity index (χ3v) is 5.85. The molecule has 5 nitrogen and oxygen atoms in total. The summed E-state index contributed by atoms with van der Waals surface area (Å²) in [5.41, 5.74) is -0.527. The first-order valence-corrected chi connectivity index (χ1v) is 9.18. The average Bonchev–Trinajstić information content (AvgIpc) is 2.85. The number of carbonyl (C=O) groups is 1. The molecule has 2 atom stereocenters. The van der Waals surface area contributed by atoms with E-state index in [2.05, 4.69) is 15.5 Å². The smallest absolute Gasteiger partial charge is 0.326 e. The van der Waals surface area contributed by atoms with E-state index in [-0.39, 0.29) is 5.97 Å². The van der Waals surface area contributed by atoms with Crippen LogP contribution in [0.25, 0.3) is 0 Å². The number of hydrogen-bond donors (Lipinski definition) is 1. The Bertz CT molecular complexity index is 477. The van der Waals surface area contributed by atoms with Crippen LogP contribution >= 0.6 is 23.1 Å². The molecule has 0 saturated heterocycles. The summed E-state index contributed by atoms with van der Waals surface area (Å²) in [7, 11) is 0. The predicted octanol–water partition coefficient (Wildman–Crippen LogP) is 2.79. The van der Waals surface area contributed by atoms with Crippen molar-refractivity contribution in [2.45, 2.75) is 61.6 Å². The highest BCUT2D eigenvalue weighted by Gasteiger charge is 2.43. The summed E-state index contributed by atoms with van der Waals surface area (Å²) in [5.74, 6) is -0.106. The first kappa shape index (κ1) is 16.7. The molecule has 0 amide bonds. The Hall–Kier alpha value is -0.660. The number of rotatable bonds is 6. The summed E-state index contributed by atoms with van der Waals surface area (Å²) in [5, 5.41) is 13.0. The molecule has 1 saturated carbocycles. The van der Waals surface area contributed by atoms with Crippen molar-refractivity contribution in [3.05, 3.63) is 5.01 Å². The van der Waals surface area contributed by atoms with Gasteiger partial charge in [-0.25, -0.2) is 0 Å². The number of ether oxygens (including phenoxy) is 1. The van der Waals surface area contributed by atoms with Crippen molar-refractivity contribution in [2.24, 2.45) is 0 Å². The van der Waals surface area contributed by atoms with E-state index in [9.17, 15) is 4.79 Å². The normalized spacial score (nSPS) is 25.8. The highest BCUT2D eigenvalue weighted by Crippen LogP contribution is 2.39. The summed E-state index contributed by atoms with van der Waals surface area (Å²) in [6.07, 6.45) is 3.78. The Morgan fingerprint density at radius 3 is 2.95 bits per heavy atom. The fourth-order valence-corrected chi connectivity index (χ4v) is 5.22. The van der Waals surface area contributed by atoms with Crippen LogP contribution in [0.15, 0.2) is 4.34 Å². The lowest BCUT2D eigenvalue weighted by Gasteiger charge is -2.38. The van der Waals surface area contributed by atoms with Crippen molar-refractivity contribution in [3.8, 4) is 0 Å². The van der Waals surface area contributed by atoms with E-state index in [4.69, 9.17) is 4.74 Å². The van der Waals surface area contributed by atoms with Gasteiger partial charge in [-0.3, -0.25) is 4.79 Å². The van der Waals surface area contributed by atoms with E-state index in [0.717, 1.165) is 41.6 Å². The number of carbonyl (C=O) groups excluding carboxylic acids is 1. The van der Waals surface area contributed by atoms with Crippen molar-refractivity contribution in [1.29, 1.82) is 0 Å². The lowest BCUT2D eigenvalue weighted by Crippen LogP contribution is -2.56. The van der Waals surface area contributed by atoms with Gasteiger partial charge in [-0.1, -0.05) is 30.0 Å². The Labute approximate surface area is 134 Å². The molecule has 0 bridgehead atoms. The minimum Gasteiger partial charge on any atom is -0.465 e. The summed E-state index contributed by atoms with van der Waals surface area (Å²) >= 11 is 3.36. The van der Waals surface area contributed by atoms with Gasteiger partial charge in [-0.2, -0.15) is 0 Å². The Balaban J connectivity index is 2.06. The van der Waals surface area contributed by atoms with Crippen molar-refractivity contribution >= 4 is 29.1 Å². The molecule has 1 aliphatic rings. The molecule has 2 unspecified atom stereocenters. The van der Waals surface area contributed by atoms with E-state index in [1.807, 2.05) is 20.8 Å². The first-order chi connectivity index (χ1) is 10.1. The van der Waals surface area contributed by atoms with Gasteiger partial charge in [0, 0.05) is 5.25 Å². The third-order valence-electron chi connectivity index (χ3n) is 3.66. The van der Waals surface area contributed by atoms with Gasteiger partial charge in [0.25, 0.3) is 0 Å². The van der Waals surface area contributed by atoms with Crippen molar-refractivity contribution in [1.82, 2.24) is 15.5 Å². The number of aryl methyl sites for hydroxylation is 1. The van der Waals surface area contributed by atoms with Gasteiger partial charge in [-0.05, 0) is 46.1 Å². The number of esters is 1. The molecule has 1 aromatic heterocycles. The van der Waals surface area contributed by atoms with Gasteiger partial charge in [0.05, 0.1) is 6.61 Å². The molecule has 1 fully saturated rings. The Morgan fingerprint density at radius 1 is 1.52 bits per heavy atom. The fraction of sp³-hybridized carbons (Fsp3) is 0.786. The van der Waals surface area contributed by atoms with Crippen molar-refractivity contribution < 1.29 is 9.53 Å². The largest absolute Gasteiger partial charge is 0.465 e. The van der Waals surface area contributed by atoms with Gasteiger partial charge >= 0.3 is 5.97 Å². The number of nitrogens with zero attached hydrogens (tertiary/aromatic N) is 2. The maximum atomic E-state index is 12.4. The molecule has 1 N–H and O–H groups in total. The van der Waals surface area contributed by atoms with Crippen LogP contribution in [0.1, 0.15) is 44.5 Å². The standard InChI is InChI=1S/C14H23N3O2S2/c1-4-15-14(12(18)19-5-2)8-6-7-11(9-14)21-13-17-16-10(3)20-13/h11,15H,4-9H2,1-3H3. The van der Waals surface area contributed by atoms with Crippen LogP contribution < -0.4 is 5.32 Å². The van der Waals surface area contributed by atoms with Crippen molar-refractivity contribution in [3.63, 3.8) is 0 Å². The second-order valence-corrected chi connectivity index (χ2v) is 7.99. The van der Waals surface area contributed by atoms with Gasteiger partial charge in [-0.15, -0.1) is 10.2 Å². The van der Waals surface area contributed by atoms with E-state index in [1.165, 1.54) is 0 Å². The molecule has 7 heteroatoms. The van der Waals surface area contributed by atoms with E-state index in [0.29, 0.717) is 11.9 Å². The maximum absolute atomic E-state index is 12.4. The van der Waals surface area contributed by atoms with Crippen LogP contribution in [0.2, 0.25) is 0 Å². The van der Waals surface area contributed by atoms with E-state index >= 15 is 0 Å². The molecule has 2 rings (SSSR count). The molecule has 0 radical (unpaired) electrons. The van der Waals surface area contributed by atoms with Gasteiger partial charge in [0.1, 0.15) is 10.5 Å². The monoisotopic (exact) mass is 329 g/mol. The molecule has 0 aliphatic heterocycles. The van der Waals surface area contributed by atoms with E-state index < -0.39 is 5.54 Å². The number of likely N-dealkylation sites (N-methyl/N-ethyl adjacent to an activating group) is 1. The van der Waals surface area contributed by atoms with Crippen LogP contribution in [0.5, 0.6) is 0 Å². The molecule has 1 aromatic rings. The number of thioether (sulfide) groups is 1. The van der Waals surface area contributed by atoms with Gasteiger partial charge in [0.15, 0.2) is 4.34 Å². The maximum Gasteiger partial charge on any atom is 0.326 e. The quantitative estimate of drug-likeness (QED) is 0.810. The second-order valence-electron chi connectivity index (χ2n) is 5.26. The van der Waals surface area contributed by atoms with Crippen LogP contribution in [-0.2, 0) is 9.53 Å². The molecule has 21 heavy (non-hydrogen) atoms. The molecule has 1 aliphatic carbocycles. The summed E-state index contributed by atoms with van der Waals surface area (Å²) in [6.45, 7) is 7.06. The molecule has 118 valence electrons. The van der Waals surface area contributed by atoms with Crippen LogP contribution in [-0.4, -0.2) is 40.1 Å². The lowest BCUT2D eigenvalue weighted by molar-refractivity contribution is -0.152. The van der Waals surface area contributed by atoms with Gasteiger partial charge < -0.3 is 10.1 Å². The third kappa shape index (κ3) is 4.17. The number of aromatic nitrogens is 2. The average molecular weight is 329 g/mol. The minimum absolute atomic E-state index is 0.106. The summed E-state index contributed by atoms with van der Waals surface area (Å²) in [4.78, 5) is 12.4. The first-order valence-electron chi connectivity index (χ1n) is 7.48. The molecule has 0 aromatic carbocycles. The lowest BCUT2D eigenvalue weighted by atomic mass is 9.81. The van der Waals surface area contributed by atoms with Gasteiger partial charge in [0.2, 0.25) is 0 Å². The topological polar surface area (TPSA) is 64.1 Å². The number of hydrogen-bond acceptors (Lipinski definition) is 7. The molecular formula is C14H23N3O2S2. The fourth-order valence-electron chi connectivity index (χ4n) is 2.82. The highest BCUT2D eigenvalue weighted by molar-refractivity contribution is 8.01. The SMILES string of the molecule is CCNC1(C(=O)OCC)CCCC(Sc2nnc(C)s2)C1. The molecule has 1 heterocycles. The van der Waals surface area contributed by atoms with Crippen molar-refractivity contribution in [2.75, 3.05) is 13.2 Å². The zero-order chi connectivity index (χ0) is 15.3. The predicted molar refractivity (Wildman–Crippen MR) is 85.8 cm³/mol. The van der Waals surface area contributed by atoms with E-state index in [1.54, 1.807) is 23.1 Å². The van der Waals surface area contributed by atoms with Crippen LogP contribution in [0.4, 0.5) is 0 Å². The molecular weight excluding hydrogens is 306 g/mol. The highest BCUT2D eigenvalue weighted by atomic mass is 32.2. The summed E-state index contributed by atoms with van der Waals surface area (Å²) in [6, 6.07) is 0. The minimum atomic E-state index is -0.527. The second kappa shape index (κ2) is 7.56. The Morgan fingerprint density at radius 2 is 2.33 bits per heavy atom. The Kier molecular flexibility index (Phi) is 6.01. The van der Waals surface area contributed by atoms with Crippen LogP contribution in [0, 0.1) is 6.92 Å². The zero-order valence-electron chi connectivity index (χ0n) is 12.8. The van der Waals surface area contributed by atoms with Crippen LogP contribution in [0.3, 0.4) is 0 Å². The summed E-state index contributed by atoms with van der Waals surface area (Å²) < 4.78 is 6.30. The molecule has 0 spiro atoms. The zero-order valence-corrected chi connectivity index (χ0v) is 14.5. The number of nitrogens with one attached hydrogen (secondary N) is 1.